The molecule has 1 aliphatic carbocycles. The molecular weight excluding hydrogens is 212 g/mol. The Kier molecular flexibility index (Phi) is 3.37. The molecule has 2 heterocycles. The van der Waals surface area contributed by atoms with E-state index in [1.54, 1.807) is 0 Å². The Hall–Kier alpha value is -0.570. The Bertz CT molecular complexity index is 272. The van der Waals surface area contributed by atoms with Crippen molar-refractivity contribution >= 4 is 5.91 Å². The van der Waals surface area contributed by atoms with Gasteiger partial charge in [-0.3, -0.25) is 4.79 Å². The maximum atomic E-state index is 12.5. The minimum atomic E-state index is 0.351. The number of hydrogen-bond donors (Lipinski definition) is 1. The Morgan fingerprint density at radius 1 is 0.941 bits per heavy atom. The van der Waals surface area contributed by atoms with Crippen LogP contribution in [0.5, 0.6) is 0 Å². The van der Waals surface area contributed by atoms with Gasteiger partial charge in [0.15, 0.2) is 0 Å². The Balaban J connectivity index is 1.58. The molecule has 3 heteroatoms. The van der Waals surface area contributed by atoms with Gasteiger partial charge in [-0.05, 0) is 24.7 Å². The van der Waals surface area contributed by atoms with Gasteiger partial charge in [-0.1, -0.05) is 25.7 Å². The van der Waals surface area contributed by atoms with Crippen LogP contribution in [0.3, 0.4) is 0 Å². The molecule has 3 fully saturated rings. The molecule has 17 heavy (non-hydrogen) atoms. The zero-order valence-corrected chi connectivity index (χ0v) is 10.7. The first-order chi connectivity index (χ1) is 8.34. The van der Waals surface area contributed by atoms with Crippen LogP contribution in [-0.4, -0.2) is 37.0 Å². The highest BCUT2D eigenvalue weighted by atomic mass is 16.2. The van der Waals surface area contributed by atoms with Crippen LogP contribution >= 0.6 is 0 Å². The quantitative estimate of drug-likeness (QED) is 0.702. The smallest absolute Gasteiger partial charge is 0.225 e. The minimum Gasteiger partial charge on any atom is -0.342 e. The van der Waals surface area contributed by atoms with Crippen LogP contribution in [0.25, 0.3) is 0 Å². The SMILES string of the molecule is O=C(C1CCCCCC1)N1C[C@H]2CNC[C@H]2C1. The van der Waals surface area contributed by atoms with Gasteiger partial charge in [-0.2, -0.15) is 0 Å². The fraction of sp³-hybridized carbons (Fsp3) is 0.929. The van der Waals surface area contributed by atoms with E-state index in [0.717, 1.165) is 50.9 Å². The fourth-order valence-corrected chi connectivity index (χ4v) is 3.82. The average molecular weight is 236 g/mol. The molecule has 2 aliphatic heterocycles. The lowest BCUT2D eigenvalue weighted by Gasteiger charge is -2.23. The van der Waals surface area contributed by atoms with Crippen molar-refractivity contribution in [2.24, 2.45) is 17.8 Å². The molecule has 0 aromatic heterocycles. The number of nitrogens with zero attached hydrogens (tertiary/aromatic N) is 1. The van der Waals surface area contributed by atoms with Gasteiger partial charge in [0.1, 0.15) is 0 Å². The monoisotopic (exact) mass is 236 g/mol. The van der Waals surface area contributed by atoms with Crippen molar-refractivity contribution < 1.29 is 4.79 Å². The molecule has 1 saturated carbocycles. The number of carbonyl (C=O) groups is 1. The summed E-state index contributed by atoms with van der Waals surface area (Å²) in [5.41, 5.74) is 0. The van der Waals surface area contributed by atoms with Crippen molar-refractivity contribution in [1.29, 1.82) is 0 Å². The average Bonchev–Trinajstić information content (AvgIpc) is 2.80. The first-order valence-electron chi connectivity index (χ1n) is 7.34. The number of hydrogen-bond acceptors (Lipinski definition) is 2. The Labute approximate surface area is 104 Å². The van der Waals surface area contributed by atoms with Gasteiger partial charge in [0.25, 0.3) is 0 Å². The predicted molar refractivity (Wildman–Crippen MR) is 67.6 cm³/mol. The number of rotatable bonds is 1. The zero-order valence-electron chi connectivity index (χ0n) is 10.7. The summed E-state index contributed by atoms with van der Waals surface area (Å²) in [5, 5.41) is 3.44. The molecule has 3 nitrogen and oxygen atoms in total. The van der Waals surface area contributed by atoms with E-state index < -0.39 is 0 Å². The summed E-state index contributed by atoms with van der Waals surface area (Å²) in [7, 11) is 0. The topological polar surface area (TPSA) is 32.3 Å². The van der Waals surface area contributed by atoms with Gasteiger partial charge >= 0.3 is 0 Å². The largest absolute Gasteiger partial charge is 0.342 e. The molecule has 3 aliphatic rings. The highest BCUT2D eigenvalue weighted by Gasteiger charge is 2.39. The summed E-state index contributed by atoms with van der Waals surface area (Å²) in [5.74, 6) is 2.31. The van der Waals surface area contributed by atoms with Crippen LogP contribution in [0.4, 0.5) is 0 Å². The lowest BCUT2D eigenvalue weighted by atomic mass is 9.99. The van der Waals surface area contributed by atoms with E-state index >= 15 is 0 Å². The van der Waals surface area contributed by atoms with Crippen LogP contribution in [0.1, 0.15) is 38.5 Å². The molecule has 1 N–H and O–H groups in total. The van der Waals surface area contributed by atoms with E-state index in [2.05, 4.69) is 10.2 Å². The van der Waals surface area contributed by atoms with Gasteiger partial charge in [0.05, 0.1) is 0 Å². The van der Waals surface area contributed by atoms with Crippen molar-refractivity contribution in [3.8, 4) is 0 Å². The second-order valence-electron chi connectivity index (χ2n) is 6.11. The van der Waals surface area contributed by atoms with E-state index in [-0.39, 0.29) is 0 Å². The lowest BCUT2D eigenvalue weighted by molar-refractivity contribution is -0.135. The maximum absolute atomic E-state index is 12.5. The van der Waals surface area contributed by atoms with E-state index in [4.69, 9.17) is 0 Å². The summed E-state index contributed by atoms with van der Waals surface area (Å²) in [4.78, 5) is 14.7. The number of carbonyl (C=O) groups excluding carboxylic acids is 1. The summed E-state index contributed by atoms with van der Waals surface area (Å²) in [6.07, 6.45) is 7.47. The summed E-state index contributed by atoms with van der Waals surface area (Å²) < 4.78 is 0. The summed E-state index contributed by atoms with van der Waals surface area (Å²) in [6, 6.07) is 0. The molecule has 2 saturated heterocycles. The highest BCUT2D eigenvalue weighted by molar-refractivity contribution is 5.79. The van der Waals surface area contributed by atoms with E-state index in [0.29, 0.717) is 11.8 Å². The number of nitrogens with one attached hydrogen (secondary N) is 1. The molecular formula is C14H24N2O. The second-order valence-corrected chi connectivity index (χ2v) is 6.11. The third kappa shape index (κ3) is 2.35. The molecule has 0 radical (unpaired) electrons. The van der Waals surface area contributed by atoms with E-state index in [1.807, 2.05) is 0 Å². The molecule has 0 aromatic rings. The maximum Gasteiger partial charge on any atom is 0.225 e. The van der Waals surface area contributed by atoms with Crippen molar-refractivity contribution in [3.63, 3.8) is 0 Å². The number of amides is 1. The van der Waals surface area contributed by atoms with Gasteiger partial charge in [-0.25, -0.2) is 0 Å². The third-order valence-electron chi connectivity index (χ3n) is 4.91. The van der Waals surface area contributed by atoms with Crippen LogP contribution in [0.15, 0.2) is 0 Å². The van der Waals surface area contributed by atoms with Gasteiger partial charge in [-0.15, -0.1) is 0 Å². The van der Waals surface area contributed by atoms with Gasteiger partial charge in [0.2, 0.25) is 5.91 Å². The minimum absolute atomic E-state index is 0.351. The standard InChI is InChI=1S/C14H24N2O/c17-14(11-5-3-1-2-4-6-11)16-9-12-7-15-8-13(12)10-16/h11-13,15H,1-10H2/t12-,13+. The van der Waals surface area contributed by atoms with Crippen LogP contribution in [0, 0.1) is 17.8 Å². The van der Waals surface area contributed by atoms with Crippen LogP contribution in [-0.2, 0) is 4.79 Å². The normalized spacial score (nSPS) is 34.7. The molecule has 96 valence electrons. The summed E-state index contributed by atoms with van der Waals surface area (Å²) >= 11 is 0. The van der Waals surface area contributed by atoms with Crippen LogP contribution < -0.4 is 5.32 Å². The third-order valence-corrected chi connectivity index (χ3v) is 4.91. The first kappa shape index (κ1) is 11.5. The molecule has 3 rings (SSSR count). The number of likely N-dealkylation sites (tertiary alicyclic amines) is 1. The summed E-state index contributed by atoms with van der Waals surface area (Å²) in [6.45, 7) is 4.29. The van der Waals surface area contributed by atoms with Crippen molar-refractivity contribution in [2.45, 2.75) is 38.5 Å². The predicted octanol–water partition coefficient (Wildman–Crippen LogP) is 1.63. The van der Waals surface area contributed by atoms with Gasteiger partial charge in [0, 0.05) is 32.1 Å². The van der Waals surface area contributed by atoms with Crippen molar-refractivity contribution in [2.75, 3.05) is 26.2 Å². The highest BCUT2D eigenvalue weighted by Crippen LogP contribution is 2.30. The zero-order chi connectivity index (χ0) is 11.7. The Morgan fingerprint density at radius 3 is 2.12 bits per heavy atom. The van der Waals surface area contributed by atoms with Gasteiger partial charge < -0.3 is 10.2 Å². The molecule has 0 spiro atoms. The van der Waals surface area contributed by atoms with E-state index in [9.17, 15) is 4.79 Å². The molecule has 1 amide bonds. The van der Waals surface area contributed by atoms with E-state index in [1.165, 1.54) is 25.7 Å². The first-order valence-corrected chi connectivity index (χ1v) is 7.34. The fourth-order valence-electron chi connectivity index (χ4n) is 3.82. The lowest BCUT2D eigenvalue weighted by Crippen LogP contribution is -2.36. The molecule has 2 atom stereocenters. The molecule has 0 bridgehead atoms. The van der Waals surface area contributed by atoms with Crippen LogP contribution in [0.2, 0.25) is 0 Å². The molecule has 0 unspecified atom stereocenters. The second kappa shape index (κ2) is 4.97. The van der Waals surface area contributed by atoms with Crippen molar-refractivity contribution in [3.05, 3.63) is 0 Å². The molecule has 0 aromatic carbocycles. The Morgan fingerprint density at radius 2 is 1.53 bits per heavy atom. The van der Waals surface area contributed by atoms with Crippen molar-refractivity contribution in [1.82, 2.24) is 10.2 Å². The number of fused-ring (bicyclic) bond motifs is 1.